The van der Waals surface area contributed by atoms with Crippen molar-refractivity contribution in [2.75, 3.05) is 7.05 Å². The molecule has 0 atom stereocenters. The molecule has 0 aromatic carbocycles. The quantitative estimate of drug-likeness (QED) is 0.851. The molecule has 0 aliphatic heterocycles. The zero-order valence-electron chi connectivity index (χ0n) is 9.43. The zero-order valence-corrected chi connectivity index (χ0v) is 10.3. The molecule has 0 radical (unpaired) electrons. The van der Waals surface area contributed by atoms with Crippen LogP contribution in [-0.2, 0) is 16.6 Å². The second kappa shape index (κ2) is 3.87. The topological polar surface area (TPSA) is 76.5 Å². The standard InChI is InChI=1S/C10H16N2O3S/c1-7-10(5-9(6-11)15-7)16(13,14)12(2)8-3-4-8/h5,8H,3-4,6,11H2,1-2H3. The van der Waals surface area contributed by atoms with E-state index in [1.54, 1.807) is 14.0 Å². The number of aryl methyl sites for hydroxylation is 1. The Bertz CT molecular complexity index is 488. The van der Waals surface area contributed by atoms with Gasteiger partial charge in [-0.1, -0.05) is 0 Å². The van der Waals surface area contributed by atoms with Gasteiger partial charge in [-0.05, 0) is 19.8 Å². The summed E-state index contributed by atoms with van der Waals surface area (Å²) in [5.74, 6) is 0.910. The maximum absolute atomic E-state index is 12.2. The Morgan fingerprint density at radius 3 is 2.62 bits per heavy atom. The molecule has 1 heterocycles. The van der Waals surface area contributed by atoms with Crippen LogP contribution in [0, 0.1) is 6.92 Å². The van der Waals surface area contributed by atoms with Crippen molar-refractivity contribution in [1.29, 1.82) is 0 Å². The molecule has 1 aromatic heterocycles. The van der Waals surface area contributed by atoms with Crippen molar-refractivity contribution in [3.63, 3.8) is 0 Å². The molecule has 2 rings (SSSR count). The van der Waals surface area contributed by atoms with Gasteiger partial charge in [-0.2, -0.15) is 4.31 Å². The molecule has 1 fully saturated rings. The van der Waals surface area contributed by atoms with Gasteiger partial charge < -0.3 is 10.2 Å². The monoisotopic (exact) mass is 244 g/mol. The highest BCUT2D eigenvalue weighted by Gasteiger charge is 2.36. The SMILES string of the molecule is Cc1oc(CN)cc1S(=O)(=O)N(C)C1CC1. The van der Waals surface area contributed by atoms with Gasteiger partial charge in [-0.3, -0.25) is 0 Å². The molecular weight excluding hydrogens is 228 g/mol. The first-order valence-electron chi connectivity index (χ1n) is 5.24. The number of rotatable bonds is 4. The van der Waals surface area contributed by atoms with E-state index in [0.29, 0.717) is 11.5 Å². The van der Waals surface area contributed by atoms with Gasteiger partial charge in [0.2, 0.25) is 10.0 Å². The fourth-order valence-corrected chi connectivity index (χ4v) is 3.27. The van der Waals surface area contributed by atoms with Gasteiger partial charge in [0.1, 0.15) is 16.4 Å². The van der Waals surface area contributed by atoms with Crippen molar-refractivity contribution >= 4 is 10.0 Å². The van der Waals surface area contributed by atoms with Gasteiger partial charge in [0.05, 0.1) is 6.54 Å². The molecular formula is C10H16N2O3S. The molecule has 2 N–H and O–H groups in total. The molecule has 1 aromatic rings. The molecule has 6 heteroatoms. The largest absolute Gasteiger partial charge is 0.464 e. The number of hydrogen-bond donors (Lipinski definition) is 1. The first kappa shape index (κ1) is 11.6. The van der Waals surface area contributed by atoms with E-state index in [4.69, 9.17) is 10.2 Å². The maximum Gasteiger partial charge on any atom is 0.246 e. The van der Waals surface area contributed by atoms with E-state index >= 15 is 0 Å². The van der Waals surface area contributed by atoms with Crippen molar-refractivity contribution in [3.05, 3.63) is 17.6 Å². The lowest BCUT2D eigenvalue weighted by atomic mass is 10.4. The Labute approximate surface area is 95.3 Å². The Kier molecular flexibility index (Phi) is 2.81. The second-order valence-corrected chi connectivity index (χ2v) is 6.06. The molecule has 1 aliphatic carbocycles. The van der Waals surface area contributed by atoms with Crippen LogP contribution in [0.5, 0.6) is 0 Å². The third-order valence-electron chi connectivity index (χ3n) is 2.84. The lowest BCUT2D eigenvalue weighted by molar-refractivity contribution is 0.455. The van der Waals surface area contributed by atoms with E-state index in [9.17, 15) is 8.42 Å². The van der Waals surface area contributed by atoms with Crippen molar-refractivity contribution in [1.82, 2.24) is 4.31 Å². The zero-order chi connectivity index (χ0) is 11.9. The fraction of sp³-hybridized carbons (Fsp3) is 0.600. The predicted molar refractivity (Wildman–Crippen MR) is 59.3 cm³/mol. The van der Waals surface area contributed by atoms with Gasteiger partial charge in [-0.15, -0.1) is 0 Å². The molecule has 1 saturated carbocycles. The van der Waals surface area contributed by atoms with E-state index in [1.807, 2.05) is 0 Å². The maximum atomic E-state index is 12.2. The third-order valence-corrected chi connectivity index (χ3v) is 4.86. The molecule has 1 aliphatic rings. The summed E-state index contributed by atoms with van der Waals surface area (Å²) in [5, 5.41) is 0. The molecule has 16 heavy (non-hydrogen) atoms. The number of hydrogen-bond acceptors (Lipinski definition) is 4. The normalized spacial score (nSPS) is 17.0. The van der Waals surface area contributed by atoms with Crippen LogP contribution < -0.4 is 5.73 Å². The molecule has 0 spiro atoms. The lowest BCUT2D eigenvalue weighted by Crippen LogP contribution is -2.29. The van der Waals surface area contributed by atoms with Gasteiger partial charge in [0, 0.05) is 19.2 Å². The summed E-state index contributed by atoms with van der Waals surface area (Å²) < 4.78 is 31.1. The van der Waals surface area contributed by atoms with Crippen molar-refractivity contribution < 1.29 is 12.8 Å². The van der Waals surface area contributed by atoms with Crippen LogP contribution in [0.15, 0.2) is 15.4 Å². The molecule has 0 unspecified atom stereocenters. The van der Waals surface area contributed by atoms with Crippen molar-refractivity contribution in [2.45, 2.75) is 37.2 Å². The summed E-state index contributed by atoms with van der Waals surface area (Å²) in [7, 11) is -1.80. The van der Waals surface area contributed by atoms with Crippen LogP contribution >= 0.6 is 0 Å². The van der Waals surface area contributed by atoms with Crippen LogP contribution in [0.25, 0.3) is 0 Å². The number of nitrogens with zero attached hydrogens (tertiary/aromatic N) is 1. The Balaban J connectivity index is 2.37. The average molecular weight is 244 g/mol. The van der Waals surface area contributed by atoms with Crippen LogP contribution in [0.1, 0.15) is 24.4 Å². The van der Waals surface area contributed by atoms with E-state index in [1.165, 1.54) is 10.4 Å². The summed E-state index contributed by atoms with van der Waals surface area (Å²) in [5.41, 5.74) is 5.42. The predicted octanol–water partition coefficient (Wildman–Crippen LogP) is 0.830. The first-order chi connectivity index (χ1) is 7.46. The number of furan rings is 1. The van der Waals surface area contributed by atoms with Gasteiger partial charge >= 0.3 is 0 Å². The Hall–Kier alpha value is -0.850. The summed E-state index contributed by atoms with van der Waals surface area (Å²) in [6.45, 7) is 1.86. The van der Waals surface area contributed by atoms with Crippen LogP contribution in [0.3, 0.4) is 0 Å². The summed E-state index contributed by atoms with van der Waals surface area (Å²) in [4.78, 5) is 0.238. The van der Waals surface area contributed by atoms with Gasteiger partial charge in [-0.25, -0.2) is 8.42 Å². The molecule has 0 amide bonds. The molecule has 0 bridgehead atoms. The van der Waals surface area contributed by atoms with Crippen molar-refractivity contribution in [3.8, 4) is 0 Å². The second-order valence-electron chi connectivity index (χ2n) is 4.09. The molecule has 5 nitrogen and oxygen atoms in total. The lowest BCUT2D eigenvalue weighted by Gasteiger charge is -2.15. The number of nitrogens with two attached hydrogens (primary N) is 1. The Morgan fingerprint density at radius 1 is 1.56 bits per heavy atom. The van der Waals surface area contributed by atoms with Crippen LogP contribution in [-0.4, -0.2) is 25.8 Å². The molecule has 90 valence electrons. The van der Waals surface area contributed by atoms with Gasteiger partial charge in [0.25, 0.3) is 0 Å². The highest BCUT2D eigenvalue weighted by Crippen LogP contribution is 2.32. The highest BCUT2D eigenvalue weighted by atomic mass is 32.2. The number of sulfonamides is 1. The minimum Gasteiger partial charge on any atom is -0.464 e. The highest BCUT2D eigenvalue weighted by molar-refractivity contribution is 7.89. The van der Waals surface area contributed by atoms with Gasteiger partial charge in [0.15, 0.2) is 0 Å². The van der Waals surface area contributed by atoms with E-state index in [0.717, 1.165) is 12.8 Å². The van der Waals surface area contributed by atoms with Crippen LogP contribution in [0.2, 0.25) is 0 Å². The summed E-state index contributed by atoms with van der Waals surface area (Å²) >= 11 is 0. The average Bonchev–Trinajstić information content (AvgIpc) is 3.00. The summed E-state index contributed by atoms with van der Waals surface area (Å²) in [6, 6.07) is 1.67. The van der Waals surface area contributed by atoms with E-state index < -0.39 is 10.0 Å². The smallest absolute Gasteiger partial charge is 0.246 e. The minimum absolute atomic E-state index is 0.153. The third kappa shape index (κ3) is 1.88. The van der Waals surface area contributed by atoms with Crippen molar-refractivity contribution in [2.24, 2.45) is 5.73 Å². The van der Waals surface area contributed by atoms with Crippen LogP contribution in [0.4, 0.5) is 0 Å². The first-order valence-corrected chi connectivity index (χ1v) is 6.68. The molecule has 0 saturated heterocycles. The minimum atomic E-state index is -3.41. The summed E-state index contributed by atoms with van der Waals surface area (Å²) in [6.07, 6.45) is 1.88. The van der Waals surface area contributed by atoms with E-state index in [2.05, 4.69) is 0 Å². The Morgan fingerprint density at radius 2 is 2.19 bits per heavy atom. The van der Waals surface area contributed by atoms with E-state index in [-0.39, 0.29) is 17.5 Å². The fourth-order valence-electron chi connectivity index (χ4n) is 1.67.